The Labute approximate surface area is 159 Å². The molecule has 5 nitrogen and oxygen atoms in total. The maximum absolute atomic E-state index is 12.5. The van der Waals surface area contributed by atoms with Crippen LogP contribution in [0.3, 0.4) is 0 Å². The molecular formula is C21H20N2O3S. The normalized spacial score (nSPS) is 11.1. The molecule has 0 aliphatic rings. The first kappa shape index (κ1) is 18.8. The smallest absolute Gasteiger partial charge is 0.251 e. The summed E-state index contributed by atoms with van der Waals surface area (Å²) >= 11 is 0. The summed E-state index contributed by atoms with van der Waals surface area (Å²) in [5.41, 5.74) is 2.15. The van der Waals surface area contributed by atoms with Crippen LogP contribution >= 0.6 is 0 Å². The van der Waals surface area contributed by atoms with E-state index in [9.17, 15) is 13.2 Å². The van der Waals surface area contributed by atoms with Crippen molar-refractivity contribution in [3.8, 4) is 0 Å². The molecular weight excluding hydrogens is 360 g/mol. The Balaban J connectivity index is 1.64. The second kappa shape index (κ2) is 8.62. The van der Waals surface area contributed by atoms with Gasteiger partial charge in [-0.05, 0) is 35.4 Å². The average molecular weight is 380 g/mol. The number of rotatable bonds is 7. The number of carbonyl (C=O) groups excluding carboxylic acids is 1. The van der Waals surface area contributed by atoms with Gasteiger partial charge < -0.3 is 5.32 Å². The van der Waals surface area contributed by atoms with E-state index in [1.807, 2.05) is 36.4 Å². The highest BCUT2D eigenvalue weighted by molar-refractivity contribution is 7.89. The molecule has 0 atom stereocenters. The van der Waals surface area contributed by atoms with Gasteiger partial charge >= 0.3 is 0 Å². The predicted octanol–water partition coefficient (Wildman–Crippen LogP) is 3.10. The first-order valence-corrected chi connectivity index (χ1v) is 9.99. The quantitative estimate of drug-likeness (QED) is 0.661. The number of amides is 1. The molecule has 138 valence electrons. The minimum absolute atomic E-state index is 0.171. The number of nitrogens with one attached hydrogen (secondary N) is 2. The number of hydrogen-bond donors (Lipinski definition) is 2. The van der Waals surface area contributed by atoms with Gasteiger partial charge in [-0.25, -0.2) is 13.1 Å². The lowest BCUT2D eigenvalue weighted by Crippen LogP contribution is -2.24. The van der Waals surface area contributed by atoms with Crippen LogP contribution in [0.1, 0.15) is 21.5 Å². The Bertz CT molecular complexity index is 1000. The van der Waals surface area contributed by atoms with Crippen molar-refractivity contribution in [2.75, 3.05) is 0 Å². The van der Waals surface area contributed by atoms with Crippen LogP contribution in [0, 0.1) is 0 Å². The highest BCUT2D eigenvalue weighted by Crippen LogP contribution is 2.12. The second-order valence-corrected chi connectivity index (χ2v) is 7.77. The largest absolute Gasteiger partial charge is 0.348 e. The Hall–Kier alpha value is -2.96. The Morgan fingerprint density at radius 2 is 1.37 bits per heavy atom. The van der Waals surface area contributed by atoms with E-state index in [1.54, 1.807) is 42.5 Å². The summed E-state index contributed by atoms with van der Waals surface area (Å²) in [5.74, 6) is -0.203. The van der Waals surface area contributed by atoms with Gasteiger partial charge in [0.15, 0.2) is 0 Å². The van der Waals surface area contributed by atoms with Crippen LogP contribution in [0.4, 0.5) is 0 Å². The molecule has 1 amide bonds. The highest BCUT2D eigenvalue weighted by atomic mass is 32.2. The summed E-state index contributed by atoms with van der Waals surface area (Å²) in [6, 6.07) is 24.7. The van der Waals surface area contributed by atoms with Gasteiger partial charge in [0.25, 0.3) is 5.91 Å². The van der Waals surface area contributed by atoms with Crippen molar-refractivity contribution in [2.45, 2.75) is 18.0 Å². The number of sulfonamides is 1. The van der Waals surface area contributed by atoms with Gasteiger partial charge in [-0.3, -0.25) is 4.79 Å². The van der Waals surface area contributed by atoms with E-state index >= 15 is 0 Å². The Kier molecular flexibility index (Phi) is 6.01. The lowest BCUT2D eigenvalue weighted by molar-refractivity contribution is 0.0951. The van der Waals surface area contributed by atoms with Gasteiger partial charge in [0.1, 0.15) is 0 Å². The average Bonchev–Trinajstić information content (AvgIpc) is 2.72. The van der Waals surface area contributed by atoms with E-state index in [1.165, 1.54) is 6.07 Å². The van der Waals surface area contributed by atoms with Crippen molar-refractivity contribution >= 4 is 15.9 Å². The molecule has 2 N–H and O–H groups in total. The summed E-state index contributed by atoms with van der Waals surface area (Å²) in [6.07, 6.45) is 0. The third kappa shape index (κ3) is 5.26. The molecule has 0 bridgehead atoms. The fraction of sp³-hybridized carbons (Fsp3) is 0.0952. The van der Waals surface area contributed by atoms with Crippen LogP contribution in [0.2, 0.25) is 0 Å². The van der Waals surface area contributed by atoms with Gasteiger partial charge in [-0.1, -0.05) is 60.7 Å². The van der Waals surface area contributed by atoms with E-state index in [2.05, 4.69) is 10.0 Å². The van der Waals surface area contributed by atoms with Crippen LogP contribution in [0.25, 0.3) is 0 Å². The Morgan fingerprint density at radius 3 is 2.07 bits per heavy atom. The van der Waals surface area contributed by atoms with Gasteiger partial charge in [0.05, 0.1) is 4.90 Å². The third-order valence-corrected chi connectivity index (χ3v) is 5.41. The summed E-state index contributed by atoms with van der Waals surface area (Å²) in [4.78, 5) is 12.3. The molecule has 3 rings (SSSR count). The minimum Gasteiger partial charge on any atom is -0.348 e. The first-order chi connectivity index (χ1) is 13.0. The number of hydrogen-bond acceptors (Lipinski definition) is 3. The zero-order valence-corrected chi connectivity index (χ0v) is 15.4. The van der Waals surface area contributed by atoms with Crippen LogP contribution in [0.5, 0.6) is 0 Å². The van der Waals surface area contributed by atoms with Crippen LogP contribution in [-0.4, -0.2) is 14.3 Å². The molecule has 3 aromatic rings. The fourth-order valence-corrected chi connectivity index (χ4v) is 3.64. The van der Waals surface area contributed by atoms with Crippen molar-refractivity contribution in [2.24, 2.45) is 0 Å². The zero-order valence-electron chi connectivity index (χ0n) is 14.6. The monoisotopic (exact) mass is 380 g/mol. The van der Waals surface area contributed by atoms with Crippen molar-refractivity contribution in [3.63, 3.8) is 0 Å². The molecule has 0 aliphatic carbocycles. The molecule has 3 aromatic carbocycles. The molecule has 6 heteroatoms. The highest BCUT2D eigenvalue weighted by Gasteiger charge is 2.14. The number of carbonyl (C=O) groups is 1. The van der Waals surface area contributed by atoms with Crippen molar-refractivity contribution < 1.29 is 13.2 Å². The van der Waals surface area contributed by atoms with Crippen LogP contribution < -0.4 is 10.0 Å². The summed E-state index contributed by atoms with van der Waals surface area (Å²) in [7, 11) is -3.63. The van der Waals surface area contributed by atoms with Crippen LogP contribution in [0.15, 0.2) is 89.8 Å². The maximum Gasteiger partial charge on any atom is 0.251 e. The molecule has 0 heterocycles. The summed E-state index contributed by atoms with van der Waals surface area (Å²) in [5, 5.41) is 2.80. The molecule has 0 radical (unpaired) electrons. The minimum atomic E-state index is -3.63. The molecule has 0 spiro atoms. The summed E-state index contributed by atoms with van der Waals surface area (Å²) < 4.78 is 27.6. The molecule has 0 saturated heterocycles. The van der Waals surface area contributed by atoms with Gasteiger partial charge in [0.2, 0.25) is 10.0 Å². The molecule has 0 unspecified atom stereocenters. The first-order valence-electron chi connectivity index (χ1n) is 8.50. The molecule has 0 aliphatic heterocycles. The van der Waals surface area contributed by atoms with Gasteiger partial charge in [-0.15, -0.1) is 0 Å². The standard InChI is InChI=1S/C21H20N2O3S/c24-21(19-11-5-2-6-12-19)22-15-18-10-7-13-20(14-18)27(25,26)23-16-17-8-3-1-4-9-17/h1-14,23H,15-16H2,(H,22,24). The second-order valence-electron chi connectivity index (χ2n) is 6.01. The lowest BCUT2D eigenvalue weighted by Gasteiger charge is -2.09. The molecule has 27 heavy (non-hydrogen) atoms. The molecule has 0 saturated carbocycles. The van der Waals surface area contributed by atoms with E-state index < -0.39 is 10.0 Å². The van der Waals surface area contributed by atoms with Crippen molar-refractivity contribution in [3.05, 3.63) is 102 Å². The molecule has 0 fully saturated rings. The fourth-order valence-electron chi connectivity index (χ4n) is 2.55. The van der Waals surface area contributed by atoms with E-state index in [4.69, 9.17) is 0 Å². The SMILES string of the molecule is O=C(NCc1cccc(S(=O)(=O)NCc2ccccc2)c1)c1ccccc1. The van der Waals surface area contributed by atoms with Crippen molar-refractivity contribution in [1.29, 1.82) is 0 Å². The zero-order chi connectivity index (χ0) is 19.1. The Morgan fingerprint density at radius 1 is 0.741 bits per heavy atom. The van der Waals surface area contributed by atoms with E-state index in [0.717, 1.165) is 5.56 Å². The topological polar surface area (TPSA) is 75.3 Å². The maximum atomic E-state index is 12.5. The number of benzene rings is 3. The van der Waals surface area contributed by atoms with Gasteiger partial charge in [-0.2, -0.15) is 0 Å². The van der Waals surface area contributed by atoms with E-state index in [-0.39, 0.29) is 23.9 Å². The predicted molar refractivity (Wildman–Crippen MR) is 105 cm³/mol. The molecule has 0 aromatic heterocycles. The van der Waals surface area contributed by atoms with Gasteiger partial charge in [0, 0.05) is 18.7 Å². The van der Waals surface area contributed by atoms with E-state index in [0.29, 0.717) is 11.1 Å². The van der Waals surface area contributed by atoms with Crippen molar-refractivity contribution in [1.82, 2.24) is 10.0 Å². The third-order valence-electron chi connectivity index (χ3n) is 4.01. The van der Waals surface area contributed by atoms with Crippen LogP contribution in [-0.2, 0) is 23.1 Å². The summed E-state index contributed by atoms with van der Waals surface area (Å²) in [6.45, 7) is 0.466. The lowest BCUT2D eigenvalue weighted by atomic mass is 10.2.